The van der Waals surface area contributed by atoms with Crippen LogP contribution in [0.4, 0.5) is 10.1 Å². The fourth-order valence-electron chi connectivity index (χ4n) is 2.70. The smallest absolute Gasteiger partial charge is 0.234 e. The van der Waals surface area contributed by atoms with E-state index in [1.54, 1.807) is 18.2 Å². The lowest BCUT2D eigenvalue weighted by Crippen LogP contribution is -2.16. The molecule has 10 heteroatoms. The number of rotatable bonds is 9. The van der Waals surface area contributed by atoms with E-state index in [1.807, 2.05) is 23.6 Å². The fourth-order valence-corrected chi connectivity index (χ4v) is 4.08. The van der Waals surface area contributed by atoms with Crippen molar-refractivity contribution < 1.29 is 13.9 Å². The summed E-state index contributed by atoms with van der Waals surface area (Å²) in [6.45, 7) is 6.08. The maximum Gasteiger partial charge on any atom is 0.234 e. The number of para-hydroxylation sites is 1. The van der Waals surface area contributed by atoms with Crippen LogP contribution in [0.15, 0.2) is 64.7 Å². The molecule has 31 heavy (non-hydrogen) atoms. The van der Waals surface area contributed by atoms with Gasteiger partial charge in [-0.3, -0.25) is 9.36 Å². The largest absolute Gasteiger partial charge is 0.481 e. The van der Waals surface area contributed by atoms with Crippen LogP contribution in [0.3, 0.4) is 0 Å². The highest BCUT2D eigenvalue weighted by Crippen LogP contribution is 2.29. The predicted molar refractivity (Wildman–Crippen MR) is 124 cm³/mol. The first-order valence-corrected chi connectivity index (χ1v) is 11.4. The number of amides is 1. The zero-order chi connectivity index (χ0) is 22.4. The lowest BCUT2D eigenvalue weighted by Gasteiger charge is -2.16. The zero-order valence-corrected chi connectivity index (χ0v) is 19.7. The number of carbonyl (C=O) groups excluding carboxylic acids is 1. The minimum absolute atomic E-state index is 0.0961. The van der Waals surface area contributed by atoms with Crippen molar-refractivity contribution in [1.82, 2.24) is 14.8 Å². The van der Waals surface area contributed by atoms with Crippen molar-refractivity contribution in [3.63, 3.8) is 0 Å². The lowest BCUT2D eigenvalue weighted by atomic mass is 10.3. The topological polar surface area (TPSA) is 69.0 Å². The van der Waals surface area contributed by atoms with Crippen LogP contribution in [0.2, 0.25) is 5.02 Å². The van der Waals surface area contributed by atoms with Crippen LogP contribution < -0.4 is 10.1 Å². The third-order valence-electron chi connectivity index (χ3n) is 4.10. The molecule has 0 radical (unpaired) electrons. The van der Waals surface area contributed by atoms with Crippen LogP contribution in [0.1, 0.15) is 18.9 Å². The van der Waals surface area contributed by atoms with E-state index in [-0.39, 0.29) is 11.7 Å². The molecule has 0 aliphatic heterocycles. The number of nitrogens with one attached hydrogen (secondary N) is 1. The molecule has 0 fully saturated rings. The molecule has 0 aliphatic rings. The van der Waals surface area contributed by atoms with Gasteiger partial charge < -0.3 is 10.1 Å². The monoisotopic (exact) mass is 524 g/mol. The highest BCUT2D eigenvalue weighted by atomic mass is 79.9. The second-order valence-corrected chi connectivity index (χ2v) is 8.60. The summed E-state index contributed by atoms with van der Waals surface area (Å²) in [5, 5.41) is 12.2. The standard InChI is InChI=1S/C21H19BrClFN4O2S/c1-3-10-28-20(13(2)30-18-7-5-4-6-16(18)23)26-27-21(28)31-12-19(29)25-17-9-8-14(24)11-15(17)22/h3-9,11,13H,1,10,12H2,2H3,(H,25,29). The van der Waals surface area contributed by atoms with Crippen molar-refractivity contribution in [2.75, 3.05) is 11.1 Å². The number of benzene rings is 2. The Morgan fingerprint density at radius 3 is 2.87 bits per heavy atom. The van der Waals surface area contributed by atoms with Gasteiger partial charge in [-0.1, -0.05) is 41.6 Å². The van der Waals surface area contributed by atoms with Crippen molar-refractivity contribution >= 4 is 50.9 Å². The number of nitrogens with zero attached hydrogens (tertiary/aromatic N) is 3. The van der Waals surface area contributed by atoms with Crippen LogP contribution in [-0.4, -0.2) is 26.4 Å². The summed E-state index contributed by atoms with van der Waals surface area (Å²) in [5.41, 5.74) is 0.488. The average Bonchev–Trinajstić information content (AvgIpc) is 3.13. The first-order valence-electron chi connectivity index (χ1n) is 9.22. The van der Waals surface area contributed by atoms with Gasteiger partial charge in [-0.15, -0.1) is 16.8 Å². The maximum atomic E-state index is 13.2. The Morgan fingerprint density at radius 1 is 1.39 bits per heavy atom. The van der Waals surface area contributed by atoms with E-state index in [9.17, 15) is 9.18 Å². The quantitative estimate of drug-likeness (QED) is 0.279. The molecule has 0 spiro atoms. The van der Waals surface area contributed by atoms with Gasteiger partial charge in [0.1, 0.15) is 11.6 Å². The molecule has 0 aliphatic carbocycles. The molecule has 0 saturated heterocycles. The Labute approximate surface area is 197 Å². The number of aromatic nitrogens is 3. The van der Waals surface area contributed by atoms with E-state index >= 15 is 0 Å². The third-order valence-corrected chi connectivity index (χ3v) is 6.03. The number of hydrogen-bond acceptors (Lipinski definition) is 5. The van der Waals surface area contributed by atoms with E-state index in [2.05, 4.69) is 38.0 Å². The number of allylic oxidation sites excluding steroid dienone is 1. The molecule has 162 valence electrons. The molecule has 6 nitrogen and oxygen atoms in total. The molecule has 1 N–H and O–H groups in total. The van der Waals surface area contributed by atoms with Gasteiger partial charge in [0.2, 0.25) is 5.91 Å². The average molecular weight is 526 g/mol. The molecule has 1 heterocycles. The highest BCUT2D eigenvalue weighted by Gasteiger charge is 2.20. The molecule has 1 amide bonds. The van der Waals surface area contributed by atoms with Gasteiger partial charge in [0.05, 0.1) is 16.5 Å². The Balaban J connectivity index is 1.69. The fraction of sp³-hybridized carbons (Fsp3) is 0.190. The third kappa shape index (κ3) is 6.09. The van der Waals surface area contributed by atoms with E-state index in [4.69, 9.17) is 16.3 Å². The van der Waals surface area contributed by atoms with Crippen LogP contribution in [0, 0.1) is 5.82 Å². The predicted octanol–water partition coefficient (Wildman–Crippen LogP) is 5.89. The first-order chi connectivity index (χ1) is 14.9. The molecule has 2 aromatic carbocycles. The molecule has 1 atom stereocenters. The molecular weight excluding hydrogens is 507 g/mol. The van der Waals surface area contributed by atoms with Gasteiger partial charge >= 0.3 is 0 Å². The Bertz CT molecular complexity index is 1090. The molecule has 0 saturated carbocycles. The second-order valence-electron chi connectivity index (χ2n) is 6.39. The summed E-state index contributed by atoms with van der Waals surface area (Å²) in [5.74, 6) is 0.579. The van der Waals surface area contributed by atoms with Gasteiger partial charge in [-0.05, 0) is 53.2 Å². The van der Waals surface area contributed by atoms with Gasteiger partial charge in [0.25, 0.3) is 0 Å². The minimum Gasteiger partial charge on any atom is -0.481 e. The van der Waals surface area contributed by atoms with E-state index in [0.717, 1.165) is 0 Å². The van der Waals surface area contributed by atoms with Crippen LogP contribution in [0.5, 0.6) is 5.75 Å². The number of ether oxygens (including phenoxy) is 1. The lowest BCUT2D eigenvalue weighted by molar-refractivity contribution is -0.113. The first kappa shape index (κ1) is 23.3. The van der Waals surface area contributed by atoms with E-state index < -0.39 is 11.9 Å². The summed E-state index contributed by atoms with van der Waals surface area (Å²) in [7, 11) is 0. The van der Waals surface area contributed by atoms with Crippen molar-refractivity contribution in [2.45, 2.75) is 24.7 Å². The molecule has 1 unspecified atom stereocenters. The summed E-state index contributed by atoms with van der Waals surface area (Å²) in [6.07, 6.45) is 1.29. The number of hydrogen-bond donors (Lipinski definition) is 1. The summed E-state index contributed by atoms with van der Waals surface area (Å²) in [6, 6.07) is 11.2. The Hall–Kier alpha value is -2.36. The summed E-state index contributed by atoms with van der Waals surface area (Å²) >= 11 is 10.6. The van der Waals surface area contributed by atoms with Gasteiger partial charge in [-0.2, -0.15) is 0 Å². The van der Waals surface area contributed by atoms with E-state index in [1.165, 1.54) is 30.0 Å². The van der Waals surface area contributed by atoms with Crippen molar-refractivity contribution in [3.8, 4) is 5.75 Å². The van der Waals surface area contributed by atoms with Crippen molar-refractivity contribution in [3.05, 3.63) is 76.3 Å². The van der Waals surface area contributed by atoms with Crippen LogP contribution in [-0.2, 0) is 11.3 Å². The van der Waals surface area contributed by atoms with Crippen molar-refractivity contribution in [1.29, 1.82) is 0 Å². The number of carbonyl (C=O) groups is 1. The van der Waals surface area contributed by atoms with Gasteiger partial charge in [-0.25, -0.2) is 4.39 Å². The number of halogens is 3. The molecule has 3 rings (SSSR count). The Morgan fingerprint density at radius 2 is 2.16 bits per heavy atom. The zero-order valence-electron chi connectivity index (χ0n) is 16.5. The number of anilines is 1. The second kappa shape index (κ2) is 10.8. The van der Waals surface area contributed by atoms with Gasteiger partial charge in [0, 0.05) is 11.0 Å². The molecule has 1 aromatic heterocycles. The summed E-state index contributed by atoms with van der Waals surface area (Å²) < 4.78 is 21.5. The van der Waals surface area contributed by atoms with Gasteiger partial charge in [0.15, 0.2) is 17.1 Å². The van der Waals surface area contributed by atoms with Crippen molar-refractivity contribution in [2.24, 2.45) is 0 Å². The SMILES string of the molecule is C=CCn1c(SCC(=O)Nc2ccc(F)cc2Br)nnc1C(C)Oc1ccccc1Cl. The minimum atomic E-state index is -0.425. The highest BCUT2D eigenvalue weighted by molar-refractivity contribution is 9.10. The van der Waals surface area contributed by atoms with E-state index in [0.29, 0.717) is 38.5 Å². The molecular formula is C21H19BrClFN4O2S. The summed E-state index contributed by atoms with van der Waals surface area (Å²) in [4.78, 5) is 12.3. The normalized spacial score (nSPS) is 11.7. The van der Waals surface area contributed by atoms with Crippen LogP contribution >= 0.6 is 39.3 Å². The van der Waals surface area contributed by atoms with Crippen LogP contribution in [0.25, 0.3) is 0 Å². The number of thioether (sulfide) groups is 1. The maximum absolute atomic E-state index is 13.2. The molecule has 3 aromatic rings. The Kier molecular flexibility index (Phi) is 8.11. The molecule has 0 bridgehead atoms.